The van der Waals surface area contributed by atoms with Gasteiger partial charge >= 0.3 is 0 Å². The van der Waals surface area contributed by atoms with Crippen LogP contribution in [0.15, 0.2) is 18.2 Å². The molecule has 0 amide bonds. The average molecular weight is 197 g/mol. The van der Waals surface area contributed by atoms with Crippen molar-refractivity contribution in [2.45, 2.75) is 12.3 Å². The van der Waals surface area contributed by atoms with Gasteiger partial charge in [0.15, 0.2) is 0 Å². The average Bonchev–Trinajstić information content (AvgIpc) is 2.56. The number of nitrogens with one attached hydrogen (secondary N) is 1. The Kier molecular flexibility index (Phi) is 2.42. The lowest BCUT2D eigenvalue weighted by atomic mass is 9.97. The third kappa shape index (κ3) is 1.79. The lowest BCUT2D eigenvalue weighted by molar-refractivity contribution is 0.766. The molecule has 0 aromatic heterocycles. The Balaban J connectivity index is 2.29. The summed E-state index contributed by atoms with van der Waals surface area (Å²) in [5.41, 5.74) is 7.94. The van der Waals surface area contributed by atoms with Crippen LogP contribution in [0.3, 0.4) is 0 Å². The second-order valence-corrected chi connectivity index (χ2v) is 3.90. The van der Waals surface area contributed by atoms with E-state index in [4.69, 9.17) is 17.3 Å². The van der Waals surface area contributed by atoms with Gasteiger partial charge in [0.25, 0.3) is 0 Å². The number of benzene rings is 1. The molecule has 0 radical (unpaired) electrons. The van der Waals surface area contributed by atoms with Crippen LogP contribution in [-0.4, -0.2) is 13.1 Å². The Labute approximate surface area is 83.1 Å². The maximum absolute atomic E-state index is 5.89. The van der Waals surface area contributed by atoms with Crippen molar-refractivity contribution >= 4 is 17.3 Å². The SMILES string of the molecule is Nc1cc(Cl)ccc1[C@H]1CCNC1. The third-order valence-corrected chi connectivity index (χ3v) is 2.78. The molecule has 1 saturated heterocycles. The highest BCUT2D eigenvalue weighted by atomic mass is 35.5. The molecule has 1 aromatic carbocycles. The van der Waals surface area contributed by atoms with Gasteiger partial charge in [0, 0.05) is 17.3 Å². The minimum Gasteiger partial charge on any atom is -0.398 e. The number of halogens is 1. The van der Waals surface area contributed by atoms with Gasteiger partial charge in [-0.05, 0) is 36.6 Å². The van der Waals surface area contributed by atoms with Crippen LogP contribution in [0, 0.1) is 0 Å². The molecule has 13 heavy (non-hydrogen) atoms. The molecule has 3 heteroatoms. The van der Waals surface area contributed by atoms with E-state index >= 15 is 0 Å². The van der Waals surface area contributed by atoms with E-state index < -0.39 is 0 Å². The molecule has 0 unspecified atom stereocenters. The van der Waals surface area contributed by atoms with E-state index in [1.165, 1.54) is 12.0 Å². The van der Waals surface area contributed by atoms with Gasteiger partial charge < -0.3 is 11.1 Å². The quantitative estimate of drug-likeness (QED) is 0.675. The van der Waals surface area contributed by atoms with Crippen molar-refractivity contribution < 1.29 is 0 Å². The van der Waals surface area contributed by atoms with E-state index in [1.54, 1.807) is 0 Å². The first-order valence-electron chi connectivity index (χ1n) is 4.53. The molecule has 2 rings (SSSR count). The van der Waals surface area contributed by atoms with Crippen LogP contribution in [0.2, 0.25) is 5.02 Å². The van der Waals surface area contributed by atoms with Crippen LogP contribution in [0.5, 0.6) is 0 Å². The van der Waals surface area contributed by atoms with Gasteiger partial charge in [0.05, 0.1) is 0 Å². The first kappa shape index (κ1) is 8.85. The summed E-state index contributed by atoms with van der Waals surface area (Å²) in [5.74, 6) is 0.567. The minimum absolute atomic E-state index is 0.567. The van der Waals surface area contributed by atoms with E-state index in [0.29, 0.717) is 10.9 Å². The Hall–Kier alpha value is -0.730. The Bertz CT molecular complexity index is 306. The summed E-state index contributed by atoms with van der Waals surface area (Å²) >= 11 is 5.83. The fraction of sp³-hybridized carbons (Fsp3) is 0.400. The molecule has 1 fully saturated rings. The normalized spacial score (nSPS) is 22.1. The smallest absolute Gasteiger partial charge is 0.0426 e. The third-order valence-electron chi connectivity index (χ3n) is 2.55. The van der Waals surface area contributed by atoms with Crippen molar-refractivity contribution in [1.82, 2.24) is 5.32 Å². The van der Waals surface area contributed by atoms with Crippen LogP contribution in [0.4, 0.5) is 5.69 Å². The Morgan fingerprint density at radius 3 is 2.92 bits per heavy atom. The molecule has 0 aliphatic carbocycles. The largest absolute Gasteiger partial charge is 0.398 e. The molecule has 0 spiro atoms. The highest BCUT2D eigenvalue weighted by Gasteiger charge is 2.18. The van der Waals surface area contributed by atoms with Crippen molar-refractivity contribution in [2.75, 3.05) is 18.8 Å². The number of anilines is 1. The second-order valence-electron chi connectivity index (χ2n) is 3.46. The lowest BCUT2D eigenvalue weighted by Gasteiger charge is -2.11. The molecule has 0 bridgehead atoms. The summed E-state index contributed by atoms with van der Waals surface area (Å²) in [6.07, 6.45) is 1.17. The molecule has 0 saturated carbocycles. The standard InChI is InChI=1S/C10H13ClN2/c11-8-1-2-9(10(12)5-8)7-3-4-13-6-7/h1-2,5,7,13H,3-4,6,12H2/t7-/m0/s1. The molecular weight excluding hydrogens is 184 g/mol. The summed E-state index contributed by atoms with van der Waals surface area (Å²) in [4.78, 5) is 0. The second kappa shape index (κ2) is 3.56. The summed E-state index contributed by atoms with van der Waals surface area (Å²) in [7, 11) is 0. The van der Waals surface area contributed by atoms with E-state index in [0.717, 1.165) is 18.8 Å². The van der Waals surface area contributed by atoms with Gasteiger partial charge in [-0.25, -0.2) is 0 Å². The number of rotatable bonds is 1. The molecule has 3 N–H and O–H groups in total. The van der Waals surface area contributed by atoms with Gasteiger partial charge in [0.2, 0.25) is 0 Å². The molecule has 2 nitrogen and oxygen atoms in total. The molecule has 1 atom stereocenters. The van der Waals surface area contributed by atoms with Crippen molar-refractivity contribution in [3.63, 3.8) is 0 Å². The summed E-state index contributed by atoms with van der Waals surface area (Å²) in [6, 6.07) is 5.77. The first-order valence-corrected chi connectivity index (χ1v) is 4.91. The van der Waals surface area contributed by atoms with Gasteiger partial charge in [0.1, 0.15) is 0 Å². The monoisotopic (exact) mass is 196 g/mol. The topological polar surface area (TPSA) is 38.0 Å². The van der Waals surface area contributed by atoms with Crippen LogP contribution < -0.4 is 11.1 Å². The molecule has 1 heterocycles. The fourth-order valence-corrected chi connectivity index (χ4v) is 2.02. The van der Waals surface area contributed by atoms with Crippen molar-refractivity contribution in [3.8, 4) is 0 Å². The van der Waals surface area contributed by atoms with Gasteiger partial charge in [-0.1, -0.05) is 17.7 Å². The van der Waals surface area contributed by atoms with Crippen LogP contribution in [-0.2, 0) is 0 Å². The van der Waals surface area contributed by atoms with E-state index in [1.807, 2.05) is 18.2 Å². The van der Waals surface area contributed by atoms with Crippen molar-refractivity contribution in [1.29, 1.82) is 0 Å². The van der Waals surface area contributed by atoms with E-state index in [2.05, 4.69) is 5.32 Å². The van der Waals surface area contributed by atoms with Gasteiger partial charge in [-0.15, -0.1) is 0 Å². The highest BCUT2D eigenvalue weighted by molar-refractivity contribution is 6.30. The zero-order valence-corrected chi connectivity index (χ0v) is 8.14. The highest BCUT2D eigenvalue weighted by Crippen LogP contribution is 2.29. The van der Waals surface area contributed by atoms with Gasteiger partial charge in [-0.3, -0.25) is 0 Å². The molecule has 70 valence electrons. The Morgan fingerprint density at radius 1 is 1.46 bits per heavy atom. The molecular formula is C10H13ClN2. The van der Waals surface area contributed by atoms with Crippen LogP contribution >= 0.6 is 11.6 Å². The van der Waals surface area contributed by atoms with E-state index in [9.17, 15) is 0 Å². The molecule has 1 aliphatic rings. The fourth-order valence-electron chi connectivity index (χ4n) is 1.84. The lowest BCUT2D eigenvalue weighted by Crippen LogP contribution is -2.09. The number of nitrogens with two attached hydrogens (primary N) is 1. The molecule has 1 aliphatic heterocycles. The zero-order valence-electron chi connectivity index (χ0n) is 7.39. The maximum Gasteiger partial charge on any atom is 0.0426 e. The Morgan fingerprint density at radius 2 is 2.31 bits per heavy atom. The summed E-state index contributed by atoms with van der Waals surface area (Å²) < 4.78 is 0. The first-order chi connectivity index (χ1) is 6.27. The zero-order chi connectivity index (χ0) is 9.26. The molecule has 1 aromatic rings. The minimum atomic E-state index is 0.567. The predicted molar refractivity (Wildman–Crippen MR) is 56.1 cm³/mol. The van der Waals surface area contributed by atoms with Crippen molar-refractivity contribution in [3.05, 3.63) is 28.8 Å². The number of hydrogen-bond acceptors (Lipinski definition) is 2. The number of nitrogen functional groups attached to an aromatic ring is 1. The predicted octanol–water partition coefficient (Wildman–Crippen LogP) is 2.00. The van der Waals surface area contributed by atoms with E-state index in [-0.39, 0.29) is 0 Å². The number of hydrogen-bond donors (Lipinski definition) is 2. The maximum atomic E-state index is 5.89. The van der Waals surface area contributed by atoms with Crippen molar-refractivity contribution in [2.24, 2.45) is 0 Å². The van der Waals surface area contributed by atoms with Crippen LogP contribution in [0.1, 0.15) is 17.9 Å². The van der Waals surface area contributed by atoms with Gasteiger partial charge in [-0.2, -0.15) is 0 Å². The summed E-state index contributed by atoms with van der Waals surface area (Å²) in [5, 5.41) is 4.04. The van der Waals surface area contributed by atoms with Crippen LogP contribution in [0.25, 0.3) is 0 Å². The summed E-state index contributed by atoms with van der Waals surface area (Å²) in [6.45, 7) is 2.12.